The fourth-order valence-electron chi connectivity index (χ4n) is 2.02. The van der Waals surface area contributed by atoms with E-state index in [0.717, 1.165) is 12.8 Å². The number of nitrogens with zero attached hydrogens (tertiary/aromatic N) is 1. The fourth-order valence-corrected chi connectivity index (χ4v) is 2.02. The number of hydrogen-bond donors (Lipinski definition) is 1. The average molecular weight is 372 g/mol. The summed E-state index contributed by atoms with van der Waals surface area (Å²) in [7, 11) is 0. The summed E-state index contributed by atoms with van der Waals surface area (Å²) in [5, 5.41) is 21.1. The number of rotatable bonds is 15. The Kier molecular flexibility index (Phi) is 16.6. The molecule has 5 nitrogen and oxygen atoms in total. The molecule has 0 bridgehead atoms. The molecule has 0 rings (SSSR count). The molecular formula is C22H30NO4. The van der Waals surface area contributed by atoms with Gasteiger partial charge in [-0.2, -0.15) is 0 Å². The molecule has 147 valence electrons. The van der Waals surface area contributed by atoms with Crippen molar-refractivity contribution < 1.29 is 14.8 Å². The molecule has 0 spiro atoms. The molecule has 0 aromatic heterocycles. The first-order valence-electron chi connectivity index (χ1n) is 9.25. The smallest absolute Gasteiger partial charge is 0.260 e. The van der Waals surface area contributed by atoms with Gasteiger partial charge in [0.25, 0.3) is 6.04 Å². The second-order valence-electron chi connectivity index (χ2n) is 5.72. The fraction of sp³-hybridized carbons (Fsp3) is 0.409. The molecule has 0 aromatic rings. The van der Waals surface area contributed by atoms with Crippen LogP contribution in [0.1, 0.15) is 45.4 Å². The van der Waals surface area contributed by atoms with Crippen LogP contribution >= 0.6 is 0 Å². The summed E-state index contributed by atoms with van der Waals surface area (Å²) in [5.74, 6) is 0. The van der Waals surface area contributed by atoms with E-state index in [-0.39, 0.29) is 0 Å². The Morgan fingerprint density at radius 1 is 0.926 bits per heavy atom. The lowest BCUT2D eigenvalue weighted by molar-refractivity contribution is -0.518. The van der Waals surface area contributed by atoms with E-state index >= 15 is 0 Å². The third kappa shape index (κ3) is 15.4. The highest BCUT2D eigenvalue weighted by Crippen LogP contribution is 2.04. The molecule has 0 heterocycles. The van der Waals surface area contributed by atoms with Gasteiger partial charge in [-0.05, 0) is 38.2 Å². The number of allylic oxidation sites excluding steroid dienone is 10. The molecule has 0 saturated heterocycles. The van der Waals surface area contributed by atoms with Gasteiger partial charge in [-0.25, -0.2) is 0 Å². The maximum atomic E-state index is 11.1. The zero-order valence-corrected chi connectivity index (χ0v) is 15.9. The van der Waals surface area contributed by atoms with Crippen molar-refractivity contribution in [2.24, 2.45) is 0 Å². The van der Waals surface area contributed by atoms with Crippen molar-refractivity contribution in [3.63, 3.8) is 0 Å². The number of carbonyl (C=O) groups excluding carboxylic acids is 1. The van der Waals surface area contributed by atoms with Crippen LogP contribution in [0.3, 0.4) is 0 Å². The van der Waals surface area contributed by atoms with E-state index in [9.17, 15) is 20.0 Å². The molecule has 0 saturated carbocycles. The molecule has 5 heteroatoms. The van der Waals surface area contributed by atoms with Crippen LogP contribution in [0.5, 0.6) is 0 Å². The first kappa shape index (κ1) is 24.5. The third-order valence-corrected chi connectivity index (χ3v) is 3.45. The molecule has 2 atom stereocenters. The Balaban J connectivity index is 4.34. The van der Waals surface area contributed by atoms with Crippen molar-refractivity contribution in [1.29, 1.82) is 0 Å². The van der Waals surface area contributed by atoms with Gasteiger partial charge in [-0.3, -0.25) is 14.9 Å². The molecule has 0 aliphatic carbocycles. The van der Waals surface area contributed by atoms with Crippen molar-refractivity contribution in [1.82, 2.24) is 0 Å². The van der Waals surface area contributed by atoms with Crippen molar-refractivity contribution in [2.75, 3.05) is 0 Å². The van der Waals surface area contributed by atoms with Crippen LogP contribution in [-0.2, 0) is 4.79 Å². The summed E-state index contributed by atoms with van der Waals surface area (Å²) in [6.07, 6.45) is 26.5. The molecule has 27 heavy (non-hydrogen) atoms. The number of nitro groups is 1. The molecule has 0 amide bonds. The molecule has 1 N–H and O–H groups in total. The van der Waals surface area contributed by atoms with Gasteiger partial charge in [0.2, 0.25) is 0 Å². The number of hydrogen-bond acceptors (Lipinski definition) is 4. The Bertz CT molecular complexity index is 571. The summed E-state index contributed by atoms with van der Waals surface area (Å²) >= 11 is 0. The van der Waals surface area contributed by atoms with E-state index in [2.05, 4.69) is 19.1 Å². The van der Waals surface area contributed by atoms with Crippen LogP contribution in [0.4, 0.5) is 0 Å². The van der Waals surface area contributed by atoms with Gasteiger partial charge < -0.3 is 5.11 Å². The van der Waals surface area contributed by atoms with Crippen LogP contribution in [0.25, 0.3) is 0 Å². The topological polar surface area (TPSA) is 80.4 Å². The molecular weight excluding hydrogens is 342 g/mol. The van der Waals surface area contributed by atoms with E-state index in [1.54, 1.807) is 18.2 Å². The quantitative estimate of drug-likeness (QED) is 0.147. The van der Waals surface area contributed by atoms with Gasteiger partial charge in [0.05, 0.1) is 0 Å². The zero-order valence-electron chi connectivity index (χ0n) is 15.9. The van der Waals surface area contributed by atoms with Gasteiger partial charge in [-0.15, -0.1) is 0 Å². The highest BCUT2D eigenvalue weighted by atomic mass is 16.6. The van der Waals surface area contributed by atoms with Gasteiger partial charge in [-0.1, -0.05) is 73.8 Å². The predicted molar refractivity (Wildman–Crippen MR) is 111 cm³/mol. The lowest BCUT2D eigenvalue weighted by atomic mass is 10.1. The van der Waals surface area contributed by atoms with Crippen LogP contribution in [0.15, 0.2) is 72.9 Å². The van der Waals surface area contributed by atoms with Gasteiger partial charge in [0.1, 0.15) is 6.10 Å². The van der Waals surface area contributed by atoms with E-state index in [0.29, 0.717) is 25.7 Å². The third-order valence-electron chi connectivity index (χ3n) is 3.45. The van der Waals surface area contributed by atoms with E-state index in [4.69, 9.17) is 0 Å². The number of aliphatic hydroxyl groups excluding tert-OH is 1. The average Bonchev–Trinajstić information content (AvgIpc) is 2.65. The monoisotopic (exact) mass is 372 g/mol. The van der Waals surface area contributed by atoms with Gasteiger partial charge in [0.15, 0.2) is 6.29 Å². The normalized spacial score (nSPS) is 15.2. The highest BCUT2D eigenvalue weighted by Gasteiger charge is 2.23. The maximum Gasteiger partial charge on any atom is 0.260 e. The predicted octanol–water partition coefficient (Wildman–Crippen LogP) is 4.80. The summed E-state index contributed by atoms with van der Waals surface area (Å²) in [6.45, 7) is 2.08. The molecule has 2 unspecified atom stereocenters. The van der Waals surface area contributed by atoms with Crippen molar-refractivity contribution in [2.45, 2.75) is 57.6 Å². The number of aliphatic hydroxyl groups is 1. The minimum atomic E-state index is -1.18. The second-order valence-corrected chi connectivity index (χ2v) is 5.72. The standard InChI is InChI=1S/C22H30NO4/c1-2-3-4-5-6-10-13-16-19-22(25)21(23(26)27)18-15-12-9-7-8-11-14-17-20-24/h3-4,6,8-12,15-16,18-19,21-22,25H,2,5,7,13-14,17H2,1H3/b4-3-,10-6-,11-8-,12-9-,18-15-,19-16-. The van der Waals surface area contributed by atoms with E-state index < -0.39 is 17.1 Å². The van der Waals surface area contributed by atoms with E-state index in [1.165, 1.54) is 12.2 Å². The molecule has 0 aliphatic rings. The van der Waals surface area contributed by atoms with Crippen LogP contribution in [0.2, 0.25) is 0 Å². The summed E-state index contributed by atoms with van der Waals surface area (Å²) in [6, 6.07) is -1.18. The molecule has 0 aromatic carbocycles. The van der Waals surface area contributed by atoms with Crippen LogP contribution < -0.4 is 0 Å². The highest BCUT2D eigenvalue weighted by molar-refractivity contribution is 5.50. The second kappa shape index (κ2) is 18.3. The van der Waals surface area contributed by atoms with Crippen molar-refractivity contribution in [3.05, 3.63) is 83.0 Å². The first-order chi connectivity index (χ1) is 13.1. The van der Waals surface area contributed by atoms with Gasteiger partial charge in [0, 0.05) is 11.3 Å². The lowest BCUT2D eigenvalue weighted by Crippen LogP contribution is -2.30. The Morgan fingerprint density at radius 2 is 1.56 bits per heavy atom. The van der Waals surface area contributed by atoms with Crippen LogP contribution in [0, 0.1) is 10.1 Å². The Labute approximate surface area is 162 Å². The summed E-state index contributed by atoms with van der Waals surface area (Å²) < 4.78 is 0. The first-order valence-corrected chi connectivity index (χ1v) is 9.25. The van der Waals surface area contributed by atoms with Gasteiger partial charge >= 0.3 is 0 Å². The number of unbranched alkanes of at least 4 members (excludes halogenated alkanes) is 1. The Hall–Kier alpha value is -2.53. The molecule has 1 radical (unpaired) electrons. The van der Waals surface area contributed by atoms with Crippen molar-refractivity contribution in [3.8, 4) is 0 Å². The Morgan fingerprint density at radius 3 is 2.22 bits per heavy atom. The maximum absolute atomic E-state index is 11.1. The molecule has 0 aliphatic heterocycles. The minimum Gasteiger partial charge on any atom is -0.381 e. The minimum absolute atomic E-state index is 0.391. The summed E-state index contributed by atoms with van der Waals surface area (Å²) in [4.78, 5) is 20.6. The van der Waals surface area contributed by atoms with Crippen molar-refractivity contribution >= 4 is 6.29 Å². The largest absolute Gasteiger partial charge is 0.381 e. The van der Waals surface area contributed by atoms with Crippen LogP contribution in [-0.4, -0.2) is 28.5 Å². The zero-order chi connectivity index (χ0) is 20.2. The molecule has 0 fully saturated rings. The lowest BCUT2D eigenvalue weighted by Gasteiger charge is -2.08. The SMILES string of the molecule is CC/C=C\C/C=C\C/C=C\C(O)C(/C=C\C=C/C/C=C\CC[C]=O)[N+](=O)[O-]. The van der Waals surface area contributed by atoms with E-state index in [1.807, 2.05) is 36.7 Å². The summed E-state index contributed by atoms with van der Waals surface area (Å²) in [5.41, 5.74) is 0.